The topological polar surface area (TPSA) is 28.4 Å². The average Bonchev–Trinajstić information content (AvgIpc) is 2.96. The smallest absolute Gasteiger partial charge is 0.0947 e. The molecule has 0 saturated heterocycles. The third-order valence-corrected chi connectivity index (χ3v) is 3.21. The molecule has 0 aliphatic heterocycles. The lowest BCUT2D eigenvalue weighted by atomic mass is 10.2. The number of likely N-dealkylation sites (N-methyl/N-ethyl adjacent to an activating group) is 1. The molecule has 0 amide bonds. The van der Waals surface area contributed by atoms with E-state index in [1.54, 1.807) is 12.5 Å². The number of rotatable bonds is 8. The highest BCUT2D eigenvalue weighted by Gasteiger charge is 2.03. The number of nitrogens with zero attached hydrogens (tertiary/aromatic N) is 1. The predicted octanol–water partition coefficient (Wildman–Crippen LogP) is 2.89. The van der Waals surface area contributed by atoms with Crippen LogP contribution in [0.1, 0.15) is 18.1 Å². The van der Waals surface area contributed by atoms with E-state index in [1.165, 1.54) is 11.1 Å². The van der Waals surface area contributed by atoms with Crippen LogP contribution >= 0.6 is 0 Å². The summed E-state index contributed by atoms with van der Waals surface area (Å²) in [4.78, 5) is 2.44. The molecule has 1 N–H and O–H groups in total. The Hall–Kier alpha value is -1.58. The normalized spacial score (nSPS) is 11.1. The molecule has 0 aliphatic carbocycles. The second-order valence-corrected chi connectivity index (χ2v) is 4.66. The molecule has 2 aromatic rings. The van der Waals surface area contributed by atoms with Gasteiger partial charge in [-0.2, -0.15) is 0 Å². The van der Waals surface area contributed by atoms with Gasteiger partial charge in [-0.15, -0.1) is 0 Å². The van der Waals surface area contributed by atoms with Gasteiger partial charge in [-0.3, -0.25) is 4.90 Å². The minimum Gasteiger partial charge on any atom is -0.472 e. The molecular formula is C16H22N2O. The van der Waals surface area contributed by atoms with Gasteiger partial charge in [0.2, 0.25) is 0 Å². The molecule has 19 heavy (non-hydrogen) atoms. The fourth-order valence-electron chi connectivity index (χ4n) is 2.05. The van der Waals surface area contributed by atoms with E-state index >= 15 is 0 Å². The van der Waals surface area contributed by atoms with Crippen LogP contribution in [0.2, 0.25) is 0 Å². The van der Waals surface area contributed by atoms with Gasteiger partial charge in [0, 0.05) is 31.7 Å². The Morgan fingerprint density at radius 2 is 1.95 bits per heavy atom. The van der Waals surface area contributed by atoms with E-state index in [1.807, 2.05) is 6.07 Å². The molecule has 0 fully saturated rings. The number of hydrogen-bond donors (Lipinski definition) is 1. The Kier molecular flexibility index (Phi) is 5.66. The Morgan fingerprint density at radius 3 is 2.63 bits per heavy atom. The molecule has 2 rings (SSSR count). The van der Waals surface area contributed by atoms with Crippen molar-refractivity contribution < 1.29 is 4.42 Å². The van der Waals surface area contributed by atoms with Gasteiger partial charge in [0.1, 0.15) is 0 Å². The van der Waals surface area contributed by atoms with Crippen LogP contribution in [0.3, 0.4) is 0 Å². The molecule has 0 unspecified atom stereocenters. The average molecular weight is 258 g/mol. The molecule has 3 nitrogen and oxygen atoms in total. The number of benzene rings is 1. The summed E-state index contributed by atoms with van der Waals surface area (Å²) in [5.74, 6) is 0. The lowest BCUT2D eigenvalue weighted by molar-refractivity contribution is 0.279. The van der Waals surface area contributed by atoms with Gasteiger partial charge in [0.15, 0.2) is 0 Å². The van der Waals surface area contributed by atoms with Gasteiger partial charge in [-0.05, 0) is 18.2 Å². The summed E-state index contributed by atoms with van der Waals surface area (Å²) in [6, 6.07) is 12.6. The van der Waals surface area contributed by atoms with Crippen molar-refractivity contribution in [3.05, 3.63) is 60.1 Å². The Labute approximate surface area is 115 Å². The first-order chi connectivity index (χ1) is 9.38. The Morgan fingerprint density at radius 1 is 1.11 bits per heavy atom. The van der Waals surface area contributed by atoms with Crippen molar-refractivity contribution in [2.45, 2.75) is 20.0 Å². The van der Waals surface area contributed by atoms with Gasteiger partial charge >= 0.3 is 0 Å². The van der Waals surface area contributed by atoms with Crippen molar-refractivity contribution in [3.63, 3.8) is 0 Å². The summed E-state index contributed by atoms with van der Waals surface area (Å²) in [6.45, 7) is 7.22. The van der Waals surface area contributed by atoms with Crippen molar-refractivity contribution in [1.82, 2.24) is 10.2 Å². The van der Waals surface area contributed by atoms with E-state index in [9.17, 15) is 0 Å². The Bertz CT molecular complexity index is 439. The fourth-order valence-corrected chi connectivity index (χ4v) is 2.05. The van der Waals surface area contributed by atoms with Crippen molar-refractivity contribution in [3.8, 4) is 0 Å². The maximum Gasteiger partial charge on any atom is 0.0947 e. The number of furan rings is 1. The van der Waals surface area contributed by atoms with E-state index in [2.05, 4.69) is 47.5 Å². The van der Waals surface area contributed by atoms with Crippen LogP contribution in [-0.2, 0) is 13.1 Å². The van der Waals surface area contributed by atoms with Gasteiger partial charge in [0.05, 0.1) is 12.5 Å². The molecule has 0 spiro atoms. The highest BCUT2D eigenvalue weighted by atomic mass is 16.3. The zero-order chi connectivity index (χ0) is 13.3. The minimum atomic E-state index is 0.874. The third-order valence-electron chi connectivity index (χ3n) is 3.21. The summed E-state index contributed by atoms with van der Waals surface area (Å²) in [7, 11) is 0. The van der Waals surface area contributed by atoms with Crippen molar-refractivity contribution >= 4 is 0 Å². The lowest BCUT2D eigenvalue weighted by Gasteiger charge is -2.20. The second-order valence-electron chi connectivity index (χ2n) is 4.66. The van der Waals surface area contributed by atoms with E-state index in [0.29, 0.717) is 0 Å². The minimum absolute atomic E-state index is 0.874. The molecule has 102 valence electrons. The zero-order valence-electron chi connectivity index (χ0n) is 11.5. The van der Waals surface area contributed by atoms with E-state index < -0.39 is 0 Å². The van der Waals surface area contributed by atoms with Crippen LogP contribution in [-0.4, -0.2) is 24.5 Å². The van der Waals surface area contributed by atoms with Crippen LogP contribution in [0.25, 0.3) is 0 Å². The van der Waals surface area contributed by atoms with Crippen LogP contribution < -0.4 is 5.32 Å². The first-order valence-electron chi connectivity index (χ1n) is 6.86. The molecule has 1 aromatic carbocycles. The summed E-state index contributed by atoms with van der Waals surface area (Å²) >= 11 is 0. The fraction of sp³-hybridized carbons (Fsp3) is 0.375. The standard InChI is InChI=1S/C16H22N2O/c1-2-18(13-15-6-4-3-5-7-15)10-9-17-12-16-8-11-19-14-16/h3-8,11,14,17H,2,9-10,12-13H2,1H3. The van der Waals surface area contributed by atoms with Crippen molar-refractivity contribution in [1.29, 1.82) is 0 Å². The molecule has 1 heterocycles. The molecule has 3 heteroatoms. The van der Waals surface area contributed by atoms with E-state index in [4.69, 9.17) is 4.42 Å². The molecule has 0 atom stereocenters. The lowest BCUT2D eigenvalue weighted by Crippen LogP contribution is -2.31. The van der Waals surface area contributed by atoms with Gasteiger partial charge in [-0.25, -0.2) is 0 Å². The highest BCUT2D eigenvalue weighted by Crippen LogP contribution is 2.03. The second kappa shape index (κ2) is 7.77. The summed E-state index contributed by atoms with van der Waals surface area (Å²) < 4.78 is 5.04. The molecule has 0 bridgehead atoms. The SMILES string of the molecule is CCN(CCNCc1ccoc1)Cc1ccccc1. The van der Waals surface area contributed by atoms with Crippen molar-refractivity contribution in [2.24, 2.45) is 0 Å². The maximum atomic E-state index is 5.04. The van der Waals surface area contributed by atoms with Gasteiger partial charge in [-0.1, -0.05) is 37.3 Å². The largest absolute Gasteiger partial charge is 0.472 e. The zero-order valence-corrected chi connectivity index (χ0v) is 11.5. The van der Waals surface area contributed by atoms with Gasteiger partial charge in [0.25, 0.3) is 0 Å². The van der Waals surface area contributed by atoms with Gasteiger partial charge < -0.3 is 9.73 Å². The molecule has 0 radical (unpaired) electrons. The maximum absolute atomic E-state index is 5.04. The van der Waals surface area contributed by atoms with Crippen LogP contribution in [0.4, 0.5) is 0 Å². The molecule has 1 aromatic heterocycles. The molecule has 0 saturated carbocycles. The summed E-state index contributed by atoms with van der Waals surface area (Å²) in [5, 5.41) is 3.44. The molecule has 0 aliphatic rings. The van der Waals surface area contributed by atoms with Crippen LogP contribution in [0, 0.1) is 0 Å². The highest BCUT2D eigenvalue weighted by molar-refractivity contribution is 5.14. The monoisotopic (exact) mass is 258 g/mol. The van der Waals surface area contributed by atoms with E-state index in [-0.39, 0.29) is 0 Å². The number of hydrogen-bond acceptors (Lipinski definition) is 3. The third kappa shape index (κ3) is 4.89. The summed E-state index contributed by atoms with van der Waals surface area (Å²) in [6.07, 6.45) is 3.50. The first-order valence-corrected chi connectivity index (χ1v) is 6.86. The van der Waals surface area contributed by atoms with Crippen molar-refractivity contribution in [2.75, 3.05) is 19.6 Å². The Balaban J connectivity index is 1.68. The first kappa shape index (κ1) is 13.8. The summed E-state index contributed by atoms with van der Waals surface area (Å²) in [5.41, 5.74) is 2.57. The molecular weight excluding hydrogens is 236 g/mol. The number of nitrogens with one attached hydrogen (secondary N) is 1. The predicted molar refractivity (Wildman–Crippen MR) is 77.8 cm³/mol. The quantitative estimate of drug-likeness (QED) is 0.738. The van der Waals surface area contributed by atoms with Crippen LogP contribution in [0.5, 0.6) is 0 Å². The van der Waals surface area contributed by atoms with Crippen LogP contribution in [0.15, 0.2) is 53.3 Å². The van der Waals surface area contributed by atoms with E-state index in [0.717, 1.165) is 32.7 Å².